The second-order valence-corrected chi connectivity index (χ2v) is 7.65. The van der Waals surface area contributed by atoms with Crippen molar-refractivity contribution in [3.63, 3.8) is 0 Å². The van der Waals surface area contributed by atoms with Gasteiger partial charge in [0.05, 0.1) is 24.7 Å². The quantitative estimate of drug-likeness (QED) is 0.551. The van der Waals surface area contributed by atoms with Crippen molar-refractivity contribution in [3.05, 3.63) is 60.8 Å². The molecule has 0 bridgehead atoms. The number of hydrogen-bond donors (Lipinski definition) is 1. The number of fused-ring (bicyclic) bond motifs is 1. The molecule has 0 unspecified atom stereocenters. The van der Waals surface area contributed by atoms with E-state index in [0.29, 0.717) is 11.3 Å². The lowest BCUT2D eigenvalue weighted by Gasteiger charge is -2.12. The lowest BCUT2D eigenvalue weighted by molar-refractivity contribution is 0.400. The first-order valence-corrected chi connectivity index (χ1v) is 9.75. The van der Waals surface area contributed by atoms with Crippen LogP contribution in [0.5, 0.6) is 5.88 Å². The van der Waals surface area contributed by atoms with Crippen LogP contribution in [-0.2, 0) is 10.0 Å². The Hall–Kier alpha value is -3.53. The van der Waals surface area contributed by atoms with Gasteiger partial charge in [0.1, 0.15) is 10.6 Å². The molecule has 0 aliphatic carbocycles. The molecule has 4 heterocycles. The van der Waals surface area contributed by atoms with E-state index >= 15 is 0 Å². The summed E-state index contributed by atoms with van der Waals surface area (Å²) in [5.74, 6) is 0.149. The fourth-order valence-electron chi connectivity index (χ4n) is 2.68. The fraction of sp³-hybridized carbons (Fsp3) is 0.111. The molecular weight excluding hydrogens is 380 g/mol. The van der Waals surface area contributed by atoms with E-state index in [9.17, 15) is 8.42 Å². The van der Waals surface area contributed by atoms with Crippen molar-refractivity contribution in [1.29, 1.82) is 0 Å². The molecule has 0 aliphatic heterocycles. The van der Waals surface area contributed by atoms with E-state index < -0.39 is 10.0 Å². The summed E-state index contributed by atoms with van der Waals surface area (Å²) in [6.07, 6.45) is 6.07. The number of imidazole rings is 1. The minimum absolute atomic E-state index is 0.0380. The molecule has 0 amide bonds. The van der Waals surface area contributed by atoms with Gasteiger partial charge in [-0.15, -0.1) is 0 Å². The van der Waals surface area contributed by atoms with Gasteiger partial charge in [-0.2, -0.15) is 5.10 Å². The highest BCUT2D eigenvalue weighted by molar-refractivity contribution is 7.92. The Kier molecular flexibility index (Phi) is 4.40. The molecule has 0 aromatic carbocycles. The second kappa shape index (κ2) is 6.89. The van der Waals surface area contributed by atoms with Crippen molar-refractivity contribution in [2.45, 2.75) is 11.8 Å². The molecule has 4 aromatic heterocycles. The van der Waals surface area contributed by atoms with Gasteiger partial charge in [-0.05, 0) is 37.3 Å². The minimum atomic E-state index is -3.85. The van der Waals surface area contributed by atoms with E-state index in [1.165, 1.54) is 25.6 Å². The lowest BCUT2D eigenvalue weighted by Crippen LogP contribution is -2.14. The topological polar surface area (TPSA) is 111 Å². The number of nitrogens with one attached hydrogen (secondary N) is 1. The van der Waals surface area contributed by atoms with E-state index in [0.717, 1.165) is 11.3 Å². The molecule has 0 aliphatic rings. The van der Waals surface area contributed by atoms with E-state index in [4.69, 9.17) is 4.74 Å². The first kappa shape index (κ1) is 17.9. The average Bonchev–Trinajstić information content (AvgIpc) is 3.08. The number of anilines is 1. The number of pyridine rings is 2. The van der Waals surface area contributed by atoms with Crippen LogP contribution < -0.4 is 9.46 Å². The Bertz CT molecular complexity index is 1260. The number of methoxy groups -OCH3 is 1. The summed E-state index contributed by atoms with van der Waals surface area (Å²) in [6.45, 7) is 1.90. The molecule has 10 heteroatoms. The number of hydrogen-bond acceptors (Lipinski definition) is 7. The van der Waals surface area contributed by atoms with E-state index in [-0.39, 0.29) is 16.5 Å². The number of rotatable bonds is 5. The highest BCUT2D eigenvalue weighted by Gasteiger charge is 2.18. The monoisotopic (exact) mass is 396 g/mol. The van der Waals surface area contributed by atoms with Crippen LogP contribution in [-0.4, -0.2) is 40.1 Å². The Balaban J connectivity index is 1.76. The molecule has 0 radical (unpaired) electrons. The average molecular weight is 396 g/mol. The molecular formula is C18H16N6O3S. The third-order valence-electron chi connectivity index (χ3n) is 4.06. The van der Waals surface area contributed by atoms with Crippen molar-refractivity contribution in [2.24, 2.45) is 0 Å². The van der Waals surface area contributed by atoms with Crippen molar-refractivity contribution in [2.75, 3.05) is 11.8 Å². The van der Waals surface area contributed by atoms with Crippen LogP contribution in [0.3, 0.4) is 0 Å². The van der Waals surface area contributed by atoms with Crippen molar-refractivity contribution in [1.82, 2.24) is 24.6 Å². The Morgan fingerprint density at radius 1 is 1.11 bits per heavy atom. The molecule has 1 N–H and O–H groups in total. The van der Waals surface area contributed by atoms with Gasteiger partial charge in [-0.3, -0.25) is 9.71 Å². The highest BCUT2D eigenvalue weighted by Crippen LogP contribution is 2.29. The Labute approximate surface area is 161 Å². The summed E-state index contributed by atoms with van der Waals surface area (Å²) >= 11 is 0. The van der Waals surface area contributed by atoms with Gasteiger partial charge in [-0.1, -0.05) is 0 Å². The van der Waals surface area contributed by atoms with E-state index in [1.54, 1.807) is 35.1 Å². The van der Waals surface area contributed by atoms with Gasteiger partial charge in [0.2, 0.25) is 5.88 Å². The summed E-state index contributed by atoms with van der Waals surface area (Å²) in [5, 5.41) is 4.54. The van der Waals surface area contributed by atoms with Crippen LogP contribution >= 0.6 is 0 Å². The summed E-state index contributed by atoms with van der Waals surface area (Å²) in [7, 11) is -2.43. The summed E-state index contributed by atoms with van der Waals surface area (Å²) in [6, 6.07) is 8.26. The fourth-order valence-corrected chi connectivity index (χ4v) is 3.69. The van der Waals surface area contributed by atoms with Gasteiger partial charge in [-0.25, -0.2) is 22.9 Å². The maximum atomic E-state index is 12.6. The van der Waals surface area contributed by atoms with Crippen LogP contribution in [0, 0.1) is 6.92 Å². The summed E-state index contributed by atoms with van der Waals surface area (Å²) in [4.78, 5) is 12.3. The molecule has 142 valence electrons. The zero-order valence-electron chi connectivity index (χ0n) is 15.1. The minimum Gasteiger partial charge on any atom is -0.480 e. The predicted octanol–water partition coefficient (Wildman–Crippen LogP) is 2.30. The van der Waals surface area contributed by atoms with Gasteiger partial charge >= 0.3 is 0 Å². The van der Waals surface area contributed by atoms with Gasteiger partial charge < -0.3 is 4.74 Å². The zero-order valence-corrected chi connectivity index (χ0v) is 15.9. The third kappa shape index (κ3) is 3.25. The van der Waals surface area contributed by atoms with Crippen molar-refractivity contribution >= 4 is 21.4 Å². The second-order valence-electron chi connectivity index (χ2n) is 5.96. The molecule has 0 atom stereocenters. The molecule has 0 saturated carbocycles. The number of ether oxygens (including phenoxy) is 1. The largest absolute Gasteiger partial charge is 0.480 e. The third-order valence-corrected chi connectivity index (χ3v) is 5.41. The SMILES string of the molecule is COc1ncc(-c2ccc3ncc(C)n3n2)cc1NS(=O)(=O)c1cccnc1. The number of nitrogens with zero attached hydrogens (tertiary/aromatic N) is 5. The molecule has 0 fully saturated rings. The molecule has 0 spiro atoms. The van der Waals surface area contributed by atoms with E-state index in [2.05, 4.69) is 24.8 Å². The zero-order chi connectivity index (χ0) is 19.7. The maximum Gasteiger partial charge on any atom is 0.263 e. The molecule has 0 saturated heterocycles. The first-order valence-electron chi connectivity index (χ1n) is 8.26. The van der Waals surface area contributed by atoms with Crippen LogP contribution in [0.2, 0.25) is 0 Å². The molecule has 28 heavy (non-hydrogen) atoms. The van der Waals surface area contributed by atoms with Crippen LogP contribution in [0.25, 0.3) is 16.9 Å². The molecule has 4 aromatic rings. The number of sulfonamides is 1. The van der Waals surface area contributed by atoms with Crippen LogP contribution in [0.1, 0.15) is 5.69 Å². The first-order chi connectivity index (χ1) is 13.5. The summed E-state index contributed by atoms with van der Waals surface area (Å²) in [5.41, 5.74) is 3.05. The smallest absolute Gasteiger partial charge is 0.263 e. The van der Waals surface area contributed by atoms with Gasteiger partial charge in [0, 0.05) is 24.2 Å². The highest BCUT2D eigenvalue weighted by atomic mass is 32.2. The molecule has 9 nitrogen and oxygen atoms in total. The van der Waals surface area contributed by atoms with Gasteiger partial charge in [0.25, 0.3) is 10.0 Å². The van der Waals surface area contributed by atoms with E-state index in [1.807, 2.05) is 13.0 Å². The predicted molar refractivity (Wildman–Crippen MR) is 103 cm³/mol. The number of aryl methyl sites for hydroxylation is 1. The Morgan fingerprint density at radius 2 is 1.96 bits per heavy atom. The van der Waals surface area contributed by atoms with Crippen molar-refractivity contribution < 1.29 is 13.2 Å². The van der Waals surface area contributed by atoms with Crippen molar-refractivity contribution in [3.8, 4) is 17.1 Å². The maximum absolute atomic E-state index is 12.6. The molecule has 4 rings (SSSR count). The normalized spacial score (nSPS) is 11.5. The summed E-state index contributed by atoms with van der Waals surface area (Å²) < 4.78 is 34.7. The standard InChI is InChI=1S/C18H16N6O3S/c1-12-9-20-17-6-5-15(22-24(12)17)13-8-16(18(27-2)21-10-13)23-28(25,26)14-4-3-7-19-11-14/h3-11,23H,1-2H3. The van der Waals surface area contributed by atoms with Gasteiger partial charge in [0.15, 0.2) is 5.65 Å². The number of aromatic nitrogens is 5. The Morgan fingerprint density at radius 3 is 2.71 bits per heavy atom. The van der Waals surface area contributed by atoms with Crippen LogP contribution in [0.4, 0.5) is 5.69 Å². The lowest BCUT2D eigenvalue weighted by atomic mass is 10.2. The van der Waals surface area contributed by atoms with Crippen LogP contribution in [0.15, 0.2) is 60.0 Å².